The second-order valence-corrected chi connectivity index (χ2v) is 3.98. The Hall–Kier alpha value is -2.21. The van der Waals surface area contributed by atoms with E-state index in [2.05, 4.69) is 20.5 Å². The fourth-order valence-corrected chi connectivity index (χ4v) is 1.56. The highest BCUT2D eigenvalue weighted by Crippen LogP contribution is 2.08. The van der Waals surface area contributed by atoms with Crippen molar-refractivity contribution < 1.29 is 9.90 Å². The molecule has 94 valence electrons. The Labute approximate surface area is 104 Å². The van der Waals surface area contributed by atoms with Crippen molar-refractivity contribution in [1.82, 2.24) is 20.5 Å². The second kappa shape index (κ2) is 5.42. The maximum absolute atomic E-state index is 10.7. The minimum atomic E-state index is -0.912. The van der Waals surface area contributed by atoms with E-state index < -0.39 is 5.97 Å². The Kier molecular flexibility index (Phi) is 3.69. The molecule has 18 heavy (non-hydrogen) atoms. The van der Waals surface area contributed by atoms with Crippen LogP contribution in [0.5, 0.6) is 0 Å². The van der Waals surface area contributed by atoms with Gasteiger partial charge in [-0.25, -0.2) is 9.78 Å². The number of carboxylic acid groups (broad SMARTS) is 1. The fourth-order valence-electron chi connectivity index (χ4n) is 1.56. The Bertz CT molecular complexity index is 507. The van der Waals surface area contributed by atoms with Gasteiger partial charge in [-0.05, 0) is 24.6 Å². The first-order chi connectivity index (χ1) is 8.66. The zero-order chi connectivity index (χ0) is 13.0. The number of rotatable bonds is 5. The van der Waals surface area contributed by atoms with Crippen LogP contribution in [0.2, 0.25) is 0 Å². The van der Waals surface area contributed by atoms with Gasteiger partial charge in [0.1, 0.15) is 12.2 Å². The summed E-state index contributed by atoms with van der Waals surface area (Å²) in [4.78, 5) is 14.8. The van der Waals surface area contributed by atoms with Gasteiger partial charge < -0.3 is 10.4 Å². The van der Waals surface area contributed by atoms with Crippen molar-refractivity contribution in [2.24, 2.45) is 0 Å². The molecule has 0 aliphatic rings. The van der Waals surface area contributed by atoms with E-state index in [1.807, 2.05) is 6.92 Å². The third kappa shape index (κ3) is 2.92. The van der Waals surface area contributed by atoms with Crippen LogP contribution in [0.15, 0.2) is 30.6 Å². The quantitative estimate of drug-likeness (QED) is 0.740. The predicted molar refractivity (Wildman–Crippen MR) is 65.0 cm³/mol. The van der Waals surface area contributed by atoms with Crippen molar-refractivity contribution >= 4 is 5.97 Å². The number of nitrogens with one attached hydrogen (secondary N) is 2. The van der Waals surface area contributed by atoms with Crippen molar-refractivity contribution in [3.05, 3.63) is 47.5 Å². The molecule has 0 spiro atoms. The van der Waals surface area contributed by atoms with Crippen LogP contribution in [0.3, 0.4) is 0 Å². The number of hydrogen-bond donors (Lipinski definition) is 3. The summed E-state index contributed by atoms with van der Waals surface area (Å²) in [6, 6.07) is 6.84. The van der Waals surface area contributed by atoms with Crippen LogP contribution in [0.25, 0.3) is 0 Å². The molecule has 1 unspecified atom stereocenters. The summed E-state index contributed by atoms with van der Waals surface area (Å²) >= 11 is 0. The van der Waals surface area contributed by atoms with Gasteiger partial charge in [-0.1, -0.05) is 12.1 Å². The maximum Gasteiger partial charge on any atom is 0.335 e. The highest BCUT2D eigenvalue weighted by molar-refractivity contribution is 5.87. The van der Waals surface area contributed by atoms with E-state index in [1.54, 1.807) is 24.3 Å². The Morgan fingerprint density at radius 2 is 2.17 bits per heavy atom. The van der Waals surface area contributed by atoms with E-state index in [0.29, 0.717) is 12.1 Å². The number of aromatic carboxylic acids is 1. The zero-order valence-corrected chi connectivity index (χ0v) is 9.92. The van der Waals surface area contributed by atoms with Crippen molar-refractivity contribution in [2.75, 3.05) is 0 Å². The summed E-state index contributed by atoms with van der Waals surface area (Å²) < 4.78 is 0. The number of benzene rings is 1. The predicted octanol–water partition coefficient (Wildman–Crippen LogP) is 1.35. The summed E-state index contributed by atoms with van der Waals surface area (Å²) in [5.41, 5.74) is 1.31. The van der Waals surface area contributed by atoms with Crippen molar-refractivity contribution in [1.29, 1.82) is 0 Å². The van der Waals surface area contributed by atoms with Gasteiger partial charge in [0, 0.05) is 6.54 Å². The monoisotopic (exact) mass is 246 g/mol. The third-order valence-corrected chi connectivity index (χ3v) is 2.66. The molecule has 6 nitrogen and oxygen atoms in total. The first-order valence-electron chi connectivity index (χ1n) is 5.57. The molecule has 1 aromatic carbocycles. The van der Waals surface area contributed by atoms with Crippen LogP contribution >= 0.6 is 0 Å². The molecule has 0 saturated heterocycles. The smallest absolute Gasteiger partial charge is 0.335 e. The number of carbonyl (C=O) groups is 1. The highest BCUT2D eigenvalue weighted by atomic mass is 16.4. The zero-order valence-electron chi connectivity index (χ0n) is 9.92. The molecular weight excluding hydrogens is 232 g/mol. The SMILES string of the molecule is CC(NCc1ccc(C(=O)O)cc1)c1ncn[nH]1. The molecule has 0 saturated carbocycles. The number of aromatic amines is 1. The summed E-state index contributed by atoms with van der Waals surface area (Å²) in [7, 11) is 0. The molecule has 1 aromatic heterocycles. The van der Waals surface area contributed by atoms with E-state index in [0.717, 1.165) is 11.4 Å². The van der Waals surface area contributed by atoms with Gasteiger partial charge >= 0.3 is 5.97 Å². The molecule has 0 aliphatic carbocycles. The molecule has 3 N–H and O–H groups in total. The van der Waals surface area contributed by atoms with Crippen LogP contribution in [-0.2, 0) is 6.54 Å². The van der Waals surface area contributed by atoms with Gasteiger partial charge in [0.15, 0.2) is 0 Å². The first kappa shape index (κ1) is 12.3. The van der Waals surface area contributed by atoms with Crippen LogP contribution < -0.4 is 5.32 Å². The maximum atomic E-state index is 10.7. The van der Waals surface area contributed by atoms with Gasteiger partial charge in [0.05, 0.1) is 11.6 Å². The Morgan fingerprint density at radius 1 is 1.44 bits per heavy atom. The molecule has 0 bridgehead atoms. The highest BCUT2D eigenvalue weighted by Gasteiger charge is 2.07. The molecule has 1 heterocycles. The number of aromatic nitrogens is 3. The lowest BCUT2D eigenvalue weighted by molar-refractivity contribution is 0.0697. The van der Waals surface area contributed by atoms with E-state index in [4.69, 9.17) is 5.11 Å². The lowest BCUT2D eigenvalue weighted by Crippen LogP contribution is -2.19. The van der Waals surface area contributed by atoms with Crippen LogP contribution in [0, 0.1) is 0 Å². The average Bonchev–Trinajstić information content (AvgIpc) is 2.90. The lowest BCUT2D eigenvalue weighted by Gasteiger charge is -2.10. The summed E-state index contributed by atoms with van der Waals surface area (Å²) in [6.07, 6.45) is 1.47. The summed E-state index contributed by atoms with van der Waals surface area (Å²) in [5.74, 6) is -0.137. The normalized spacial score (nSPS) is 12.3. The molecule has 1 atom stereocenters. The summed E-state index contributed by atoms with van der Waals surface area (Å²) in [5, 5.41) is 18.6. The molecule has 0 aliphatic heterocycles. The van der Waals surface area contributed by atoms with Crippen molar-refractivity contribution in [3.8, 4) is 0 Å². The topological polar surface area (TPSA) is 90.9 Å². The second-order valence-electron chi connectivity index (χ2n) is 3.98. The Morgan fingerprint density at radius 3 is 2.72 bits per heavy atom. The fraction of sp³-hybridized carbons (Fsp3) is 0.250. The van der Waals surface area contributed by atoms with Crippen molar-refractivity contribution in [3.63, 3.8) is 0 Å². The molecule has 2 aromatic rings. The molecule has 0 radical (unpaired) electrons. The number of hydrogen-bond acceptors (Lipinski definition) is 4. The number of carboxylic acids is 1. The Balaban J connectivity index is 1.92. The first-order valence-corrected chi connectivity index (χ1v) is 5.57. The van der Waals surface area contributed by atoms with Crippen LogP contribution in [-0.4, -0.2) is 26.3 Å². The van der Waals surface area contributed by atoms with Gasteiger partial charge in [-0.2, -0.15) is 5.10 Å². The van der Waals surface area contributed by atoms with E-state index in [-0.39, 0.29) is 6.04 Å². The van der Waals surface area contributed by atoms with Gasteiger partial charge in [-0.3, -0.25) is 5.10 Å². The average molecular weight is 246 g/mol. The lowest BCUT2D eigenvalue weighted by atomic mass is 10.1. The third-order valence-electron chi connectivity index (χ3n) is 2.66. The molecular formula is C12H14N4O2. The number of H-pyrrole nitrogens is 1. The van der Waals surface area contributed by atoms with Gasteiger partial charge in [0.25, 0.3) is 0 Å². The van der Waals surface area contributed by atoms with E-state index in [9.17, 15) is 4.79 Å². The van der Waals surface area contributed by atoms with Crippen LogP contribution in [0.1, 0.15) is 34.7 Å². The standard InChI is InChI=1S/C12H14N4O2/c1-8(11-14-7-15-16-11)13-6-9-2-4-10(5-3-9)12(17)18/h2-5,7-8,13H,6H2,1H3,(H,17,18)(H,14,15,16). The molecule has 0 fully saturated rings. The summed E-state index contributed by atoms with van der Waals surface area (Å²) in [6.45, 7) is 2.62. The molecule has 2 rings (SSSR count). The molecule has 0 amide bonds. The largest absolute Gasteiger partial charge is 0.478 e. The minimum absolute atomic E-state index is 0.0617. The van der Waals surface area contributed by atoms with Crippen LogP contribution in [0.4, 0.5) is 0 Å². The van der Waals surface area contributed by atoms with E-state index in [1.165, 1.54) is 6.33 Å². The van der Waals surface area contributed by atoms with Crippen molar-refractivity contribution in [2.45, 2.75) is 19.5 Å². The number of nitrogens with zero attached hydrogens (tertiary/aromatic N) is 2. The minimum Gasteiger partial charge on any atom is -0.478 e. The molecule has 6 heteroatoms. The van der Waals surface area contributed by atoms with Gasteiger partial charge in [0.2, 0.25) is 0 Å². The van der Waals surface area contributed by atoms with Gasteiger partial charge in [-0.15, -0.1) is 0 Å². The van der Waals surface area contributed by atoms with E-state index >= 15 is 0 Å².